The van der Waals surface area contributed by atoms with E-state index in [0.717, 1.165) is 16.5 Å². The van der Waals surface area contributed by atoms with Gasteiger partial charge in [0, 0.05) is 16.5 Å². The Morgan fingerprint density at radius 2 is 2.05 bits per heavy atom. The van der Waals surface area contributed by atoms with Crippen LogP contribution in [0.3, 0.4) is 0 Å². The average Bonchev–Trinajstić information content (AvgIpc) is 3.19. The molecule has 100 valence electrons. The molecule has 1 aromatic carbocycles. The highest BCUT2D eigenvalue weighted by Crippen LogP contribution is 2.43. The number of ether oxygens (including phenoxy) is 1. The fourth-order valence-corrected chi connectivity index (χ4v) is 3.33. The van der Waals surface area contributed by atoms with E-state index in [9.17, 15) is 0 Å². The van der Waals surface area contributed by atoms with Gasteiger partial charge in [0.2, 0.25) is 0 Å². The summed E-state index contributed by atoms with van der Waals surface area (Å²) in [4.78, 5) is 6.03. The lowest BCUT2D eigenvalue weighted by Crippen LogP contribution is -1.95. The maximum atomic E-state index is 5.78. The molecule has 0 N–H and O–H groups in total. The van der Waals surface area contributed by atoms with Crippen LogP contribution in [0.4, 0.5) is 0 Å². The molecular formula is C15H17NOS2. The third-order valence-corrected chi connectivity index (χ3v) is 4.84. The molecule has 0 radical (unpaired) electrons. The Hall–Kier alpha value is -1.00. The van der Waals surface area contributed by atoms with E-state index in [4.69, 9.17) is 9.72 Å². The molecule has 0 unspecified atom stereocenters. The van der Waals surface area contributed by atoms with Gasteiger partial charge in [-0.25, -0.2) is 4.98 Å². The number of nitrogens with zero attached hydrogens (tertiary/aromatic N) is 1. The number of thiol groups is 1. The second-order valence-electron chi connectivity index (χ2n) is 4.95. The van der Waals surface area contributed by atoms with Gasteiger partial charge in [-0.2, -0.15) is 12.6 Å². The van der Waals surface area contributed by atoms with Crippen molar-refractivity contribution in [2.24, 2.45) is 0 Å². The number of hydrogen-bond donors (Lipinski definition) is 1. The van der Waals surface area contributed by atoms with E-state index < -0.39 is 0 Å². The molecule has 0 bridgehead atoms. The van der Waals surface area contributed by atoms with E-state index >= 15 is 0 Å². The van der Waals surface area contributed by atoms with Gasteiger partial charge in [0.1, 0.15) is 17.4 Å². The first-order valence-corrected chi connectivity index (χ1v) is 8.00. The van der Waals surface area contributed by atoms with Crippen LogP contribution in [0.5, 0.6) is 5.75 Å². The lowest BCUT2D eigenvalue weighted by Gasteiger charge is -2.03. The number of hydrogen-bond acceptors (Lipinski definition) is 4. The number of benzene rings is 1. The van der Waals surface area contributed by atoms with Gasteiger partial charge in [0.25, 0.3) is 0 Å². The lowest BCUT2D eigenvalue weighted by molar-refractivity contribution is 0.305. The van der Waals surface area contributed by atoms with Crippen molar-refractivity contribution >= 4 is 24.0 Å². The maximum absolute atomic E-state index is 5.78. The van der Waals surface area contributed by atoms with Gasteiger partial charge in [0.05, 0.1) is 5.69 Å². The van der Waals surface area contributed by atoms with E-state index in [2.05, 4.69) is 31.7 Å². The van der Waals surface area contributed by atoms with Crippen LogP contribution in [0.15, 0.2) is 24.3 Å². The lowest BCUT2D eigenvalue weighted by atomic mass is 10.2. The van der Waals surface area contributed by atoms with Crippen molar-refractivity contribution in [1.82, 2.24) is 4.98 Å². The topological polar surface area (TPSA) is 22.1 Å². The molecule has 1 heterocycles. The molecule has 2 nitrogen and oxygen atoms in total. The summed E-state index contributed by atoms with van der Waals surface area (Å²) in [7, 11) is 0. The quantitative estimate of drug-likeness (QED) is 0.828. The van der Waals surface area contributed by atoms with E-state index in [0.29, 0.717) is 12.5 Å². The van der Waals surface area contributed by atoms with Crippen molar-refractivity contribution in [2.75, 3.05) is 0 Å². The first kappa shape index (κ1) is 13.0. The van der Waals surface area contributed by atoms with Crippen molar-refractivity contribution in [1.29, 1.82) is 0 Å². The van der Waals surface area contributed by atoms with Gasteiger partial charge in [0.15, 0.2) is 0 Å². The third-order valence-electron chi connectivity index (χ3n) is 3.26. The summed E-state index contributed by atoms with van der Waals surface area (Å²) in [5.41, 5.74) is 2.51. The molecule has 0 spiro atoms. The highest BCUT2D eigenvalue weighted by atomic mass is 32.1. The second-order valence-corrected chi connectivity index (χ2v) is 6.43. The molecule has 2 aromatic rings. The molecule has 4 heteroatoms. The number of aryl methyl sites for hydroxylation is 1. The number of aromatic nitrogens is 1. The minimum Gasteiger partial charge on any atom is -0.486 e. The van der Waals surface area contributed by atoms with E-state index in [-0.39, 0.29) is 0 Å². The van der Waals surface area contributed by atoms with Crippen LogP contribution in [-0.4, -0.2) is 4.98 Å². The van der Waals surface area contributed by atoms with Gasteiger partial charge in [-0.1, -0.05) is 17.7 Å². The Bertz CT molecular complexity index is 558. The largest absolute Gasteiger partial charge is 0.486 e. The van der Waals surface area contributed by atoms with Crippen LogP contribution in [-0.2, 0) is 12.4 Å². The van der Waals surface area contributed by atoms with Crippen LogP contribution in [0.1, 0.15) is 39.9 Å². The second kappa shape index (κ2) is 5.55. The predicted octanol–water partition coefficient (Wildman–Crippen LogP) is 4.34. The van der Waals surface area contributed by atoms with Gasteiger partial charge in [-0.05, 0) is 31.9 Å². The molecule has 1 aromatic heterocycles. The predicted molar refractivity (Wildman–Crippen MR) is 82.3 cm³/mol. The van der Waals surface area contributed by atoms with Crippen molar-refractivity contribution in [3.05, 3.63) is 45.4 Å². The summed E-state index contributed by atoms with van der Waals surface area (Å²) in [5, 5.41) is 1.06. The van der Waals surface area contributed by atoms with Crippen LogP contribution in [0.25, 0.3) is 0 Å². The molecule has 0 atom stereocenters. The zero-order chi connectivity index (χ0) is 13.2. The molecule has 1 saturated carbocycles. The molecule has 1 aliphatic rings. The van der Waals surface area contributed by atoms with E-state index in [1.54, 1.807) is 11.3 Å². The van der Waals surface area contributed by atoms with Gasteiger partial charge < -0.3 is 4.74 Å². The van der Waals surface area contributed by atoms with Gasteiger partial charge in [-0.3, -0.25) is 0 Å². The first-order chi connectivity index (χ1) is 9.26. The highest BCUT2D eigenvalue weighted by Gasteiger charge is 2.29. The Morgan fingerprint density at radius 3 is 2.68 bits per heavy atom. The minimum atomic E-state index is 0.557. The Kier molecular flexibility index (Phi) is 3.80. The Labute approximate surface area is 123 Å². The van der Waals surface area contributed by atoms with Crippen molar-refractivity contribution in [2.45, 2.75) is 38.0 Å². The Morgan fingerprint density at radius 1 is 1.32 bits per heavy atom. The summed E-state index contributed by atoms with van der Waals surface area (Å²) < 4.78 is 5.78. The SMILES string of the molecule is Cc1ccc(OCc2nc(C3CC3)c(CS)s2)cc1. The molecule has 1 aliphatic carbocycles. The zero-order valence-corrected chi connectivity index (χ0v) is 12.6. The summed E-state index contributed by atoms with van der Waals surface area (Å²) >= 11 is 6.13. The summed E-state index contributed by atoms with van der Waals surface area (Å²) in [5.74, 6) is 2.38. The van der Waals surface area contributed by atoms with Gasteiger partial charge >= 0.3 is 0 Å². The van der Waals surface area contributed by atoms with Gasteiger partial charge in [-0.15, -0.1) is 11.3 Å². The molecular weight excluding hydrogens is 274 g/mol. The van der Waals surface area contributed by atoms with Crippen LogP contribution >= 0.6 is 24.0 Å². The highest BCUT2D eigenvalue weighted by molar-refractivity contribution is 7.79. The number of thiazole rings is 1. The zero-order valence-electron chi connectivity index (χ0n) is 10.9. The molecule has 0 amide bonds. The van der Waals surface area contributed by atoms with Crippen LogP contribution in [0, 0.1) is 6.92 Å². The summed E-state index contributed by atoms with van der Waals surface area (Å²) in [6.07, 6.45) is 2.56. The van der Waals surface area contributed by atoms with E-state index in [1.807, 2.05) is 12.1 Å². The van der Waals surface area contributed by atoms with E-state index in [1.165, 1.54) is 29.0 Å². The maximum Gasteiger partial charge on any atom is 0.140 e. The normalized spacial score (nSPS) is 14.6. The molecule has 0 aliphatic heterocycles. The fraction of sp³-hybridized carbons (Fsp3) is 0.400. The molecule has 0 saturated heterocycles. The smallest absolute Gasteiger partial charge is 0.140 e. The molecule has 1 fully saturated rings. The summed E-state index contributed by atoms with van der Waals surface area (Å²) in [6, 6.07) is 8.13. The van der Waals surface area contributed by atoms with Crippen molar-refractivity contribution in [3.63, 3.8) is 0 Å². The Balaban J connectivity index is 1.67. The average molecular weight is 291 g/mol. The number of rotatable bonds is 5. The third kappa shape index (κ3) is 3.12. The monoisotopic (exact) mass is 291 g/mol. The van der Waals surface area contributed by atoms with Crippen LogP contribution < -0.4 is 4.74 Å². The summed E-state index contributed by atoms with van der Waals surface area (Å²) in [6.45, 7) is 2.63. The standard InChI is InChI=1S/C15H17NOS2/c1-10-2-6-12(7-3-10)17-8-14-16-15(11-4-5-11)13(9-18)19-14/h2-3,6-7,11,18H,4-5,8-9H2,1H3. The minimum absolute atomic E-state index is 0.557. The first-order valence-electron chi connectivity index (χ1n) is 6.55. The van der Waals surface area contributed by atoms with Crippen molar-refractivity contribution in [3.8, 4) is 5.75 Å². The fourth-order valence-electron chi connectivity index (χ4n) is 2.04. The molecule has 19 heavy (non-hydrogen) atoms. The van der Waals surface area contributed by atoms with Crippen LogP contribution in [0.2, 0.25) is 0 Å². The van der Waals surface area contributed by atoms with Crippen molar-refractivity contribution < 1.29 is 4.74 Å². The molecule has 3 rings (SSSR count).